The first-order valence-corrected chi connectivity index (χ1v) is 9.01. The second-order valence-corrected chi connectivity index (χ2v) is 6.54. The van der Waals surface area contributed by atoms with Gasteiger partial charge in [0.05, 0.1) is 49.4 Å². The van der Waals surface area contributed by atoms with Crippen LogP contribution in [0.2, 0.25) is 0 Å². The number of benzene rings is 1. The predicted octanol–water partition coefficient (Wildman–Crippen LogP) is 0.788. The lowest BCUT2D eigenvalue weighted by Gasteiger charge is -2.31. The second kappa shape index (κ2) is 9.31. The predicted molar refractivity (Wildman–Crippen MR) is 97.8 cm³/mol. The number of hydrogen-bond acceptors (Lipinski definition) is 6. The minimum atomic E-state index is -0.519. The third kappa shape index (κ3) is 5.16. The van der Waals surface area contributed by atoms with Crippen molar-refractivity contribution in [1.82, 2.24) is 0 Å². The van der Waals surface area contributed by atoms with Gasteiger partial charge in [0.15, 0.2) is 6.04 Å². The number of nitrogens with one attached hydrogen (secondary N) is 2. The van der Waals surface area contributed by atoms with E-state index in [1.165, 1.54) is 25.3 Å². The number of nitro groups is 1. The number of ether oxygens (including phenoxy) is 2. The zero-order valence-corrected chi connectivity index (χ0v) is 15.8. The third-order valence-electron chi connectivity index (χ3n) is 4.91. The summed E-state index contributed by atoms with van der Waals surface area (Å²) in [6.07, 6.45) is 1.37. The van der Waals surface area contributed by atoms with Gasteiger partial charge in [-0.05, 0) is 19.9 Å². The molecule has 2 rings (SSSR count). The van der Waals surface area contributed by atoms with Gasteiger partial charge in [0.2, 0.25) is 0 Å². The van der Waals surface area contributed by atoms with Crippen LogP contribution in [0.4, 0.5) is 11.4 Å². The van der Waals surface area contributed by atoms with Gasteiger partial charge in [-0.25, -0.2) is 0 Å². The van der Waals surface area contributed by atoms with Crippen LogP contribution in [0.5, 0.6) is 5.75 Å². The molecular weight excluding hydrogens is 354 g/mol. The number of methoxy groups -OCH3 is 1. The number of non-ortho nitro benzene ring substituents is 1. The maximum Gasteiger partial charge on any atom is 0.309 e. The van der Waals surface area contributed by atoms with Gasteiger partial charge < -0.3 is 19.7 Å². The third-order valence-corrected chi connectivity index (χ3v) is 4.91. The largest absolute Gasteiger partial charge is 0.494 e. The molecule has 148 valence electrons. The number of nitro benzene ring substituents is 1. The minimum absolute atomic E-state index is 0.0984. The number of carbonyl (C=O) groups excluding carboxylic acids is 2. The van der Waals surface area contributed by atoms with Crippen molar-refractivity contribution in [3.8, 4) is 5.75 Å². The summed E-state index contributed by atoms with van der Waals surface area (Å²) < 4.78 is 10.2. The molecule has 1 aromatic rings. The Morgan fingerprint density at radius 2 is 2.04 bits per heavy atom. The van der Waals surface area contributed by atoms with Gasteiger partial charge in [-0.2, -0.15) is 0 Å². The summed E-state index contributed by atoms with van der Waals surface area (Å²) >= 11 is 0. The Bertz CT molecular complexity index is 700. The first-order valence-electron chi connectivity index (χ1n) is 9.01. The van der Waals surface area contributed by atoms with Crippen molar-refractivity contribution in [2.45, 2.75) is 32.7 Å². The van der Waals surface area contributed by atoms with Gasteiger partial charge in [-0.3, -0.25) is 19.7 Å². The number of quaternary nitrogens is 1. The van der Waals surface area contributed by atoms with Gasteiger partial charge >= 0.3 is 5.97 Å². The first-order chi connectivity index (χ1) is 12.9. The lowest BCUT2D eigenvalue weighted by atomic mass is 9.96. The molecule has 1 aliphatic rings. The van der Waals surface area contributed by atoms with Gasteiger partial charge in [0.25, 0.3) is 11.6 Å². The zero-order chi connectivity index (χ0) is 20.0. The summed E-state index contributed by atoms with van der Waals surface area (Å²) in [5.41, 5.74) is 0.283. The SMILES string of the molecule is CCOC(=O)C1CC[NH+]([C@H](C)C(=O)Nc2ccc([N+](=O)[O-])cc2OC)CC1. The van der Waals surface area contributed by atoms with Crippen LogP contribution >= 0.6 is 0 Å². The average molecular weight is 380 g/mol. The Balaban J connectivity index is 1.96. The summed E-state index contributed by atoms with van der Waals surface area (Å²) in [6, 6.07) is 3.73. The van der Waals surface area contributed by atoms with Crippen LogP contribution in [0.25, 0.3) is 0 Å². The van der Waals surface area contributed by atoms with Gasteiger partial charge in [-0.1, -0.05) is 0 Å². The van der Waals surface area contributed by atoms with E-state index >= 15 is 0 Å². The molecule has 1 fully saturated rings. The average Bonchev–Trinajstić information content (AvgIpc) is 2.67. The van der Waals surface area contributed by atoms with Crippen LogP contribution in [0.1, 0.15) is 26.7 Å². The maximum absolute atomic E-state index is 12.6. The number of anilines is 1. The van der Waals surface area contributed by atoms with Crippen molar-refractivity contribution < 1.29 is 28.9 Å². The Labute approximate surface area is 157 Å². The smallest absolute Gasteiger partial charge is 0.309 e. The molecule has 0 aromatic heterocycles. The molecular formula is C18H26N3O6+. The van der Waals surface area contributed by atoms with E-state index in [0.717, 1.165) is 4.90 Å². The van der Waals surface area contributed by atoms with E-state index in [1.54, 1.807) is 6.92 Å². The fourth-order valence-corrected chi connectivity index (χ4v) is 3.24. The second-order valence-electron chi connectivity index (χ2n) is 6.54. The number of nitrogens with zero attached hydrogens (tertiary/aromatic N) is 1. The fourth-order valence-electron chi connectivity index (χ4n) is 3.24. The Morgan fingerprint density at radius 3 is 2.59 bits per heavy atom. The number of esters is 1. The highest BCUT2D eigenvalue weighted by atomic mass is 16.6. The van der Waals surface area contributed by atoms with E-state index in [1.807, 2.05) is 6.92 Å². The highest BCUT2D eigenvalue weighted by Gasteiger charge is 2.33. The van der Waals surface area contributed by atoms with E-state index in [9.17, 15) is 19.7 Å². The van der Waals surface area contributed by atoms with Crippen LogP contribution in [0.3, 0.4) is 0 Å². The lowest BCUT2D eigenvalue weighted by Crippen LogP contribution is -3.17. The molecule has 0 radical (unpaired) electrons. The Hall–Kier alpha value is -2.68. The van der Waals surface area contributed by atoms with Gasteiger partial charge in [-0.15, -0.1) is 0 Å². The normalized spacial score (nSPS) is 20.4. The van der Waals surface area contributed by atoms with Crippen LogP contribution in [-0.2, 0) is 14.3 Å². The van der Waals surface area contributed by atoms with Crippen LogP contribution < -0.4 is 15.0 Å². The van der Waals surface area contributed by atoms with E-state index in [-0.39, 0.29) is 35.3 Å². The maximum atomic E-state index is 12.6. The van der Waals surface area contributed by atoms with Gasteiger partial charge in [0, 0.05) is 18.9 Å². The van der Waals surface area contributed by atoms with E-state index in [0.29, 0.717) is 38.2 Å². The van der Waals surface area contributed by atoms with Crippen LogP contribution in [0, 0.1) is 16.0 Å². The van der Waals surface area contributed by atoms with Crippen LogP contribution in [-0.4, -0.2) is 49.6 Å². The van der Waals surface area contributed by atoms with Crippen LogP contribution in [0.15, 0.2) is 18.2 Å². The van der Waals surface area contributed by atoms with Crippen molar-refractivity contribution in [2.24, 2.45) is 5.92 Å². The lowest BCUT2D eigenvalue weighted by molar-refractivity contribution is -0.919. The molecule has 0 spiro atoms. The number of carbonyl (C=O) groups is 2. The Kier molecular flexibility index (Phi) is 7.12. The van der Waals surface area contributed by atoms with E-state index in [4.69, 9.17) is 9.47 Å². The number of amides is 1. The molecule has 1 heterocycles. The quantitative estimate of drug-likeness (QED) is 0.411. The number of rotatable bonds is 7. The minimum Gasteiger partial charge on any atom is -0.494 e. The molecule has 1 saturated heterocycles. The summed E-state index contributed by atoms with van der Waals surface area (Å²) in [5, 5.41) is 13.6. The first kappa shape index (κ1) is 20.6. The highest BCUT2D eigenvalue weighted by Crippen LogP contribution is 2.29. The van der Waals surface area contributed by atoms with Crippen molar-refractivity contribution in [3.63, 3.8) is 0 Å². The number of hydrogen-bond donors (Lipinski definition) is 2. The molecule has 1 atom stereocenters. The van der Waals surface area contributed by atoms with Gasteiger partial charge in [0.1, 0.15) is 5.75 Å². The molecule has 1 aromatic carbocycles. The summed E-state index contributed by atoms with van der Waals surface area (Å²) in [6.45, 7) is 5.40. The number of piperidine rings is 1. The zero-order valence-electron chi connectivity index (χ0n) is 15.8. The molecule has 0 aliphatic carbocycles. The molecule has 1 aliphatic heterocycles. The Morgan fingerprint density at radius 1 is 1.37 bits per heavy atom. The van der Waals surface area contributed by atoms with Crippen molar-refractivity contribution in [2.75, 3.05) is 32.1 Å². The molecule has 0 unspecified atom stereocenters. The molecule has 27 heavy (non-hydrogen) atoms. The standard InChI is InChI=1S/C18H25N3O6/c1-4-27-18(23)13-7-9-20(10-8-13)12(2)17(22)19-15-6-5-14(21(24)25)11-16(15)26-3/h5-6,11-13H,4,7-10H2,1-3H3,(H,19,22)/p+1/t12-/m1/s1. The summed E-state index contributed by atoms with van der Waals surface area (Å²) in [7, 11) is 1.39. The molecule has 9 heteroatoms. The number of likely N-dealkylation sites (tertiary alicyclic amines) is 1. The molecule has 1 amide bonds. The van der Waals surface area contributed by atoms with Crippen molar-refractivity contribution in [1.29, 1.82) is 0 Å². The van der Waals surface area contributed by atoms with E-state index < -0.39 is 4.92 Å². The van der Waals surface area contributed by atoms with E-state index in [2.05, 4.69) is 5.32 Å². The van der Waals surface area contributed by atoms with Crippen molar-refractivity contribution in [3.05, 3.63) is 28.3 Å². The summed E-state index contributed by atoms with van der Waals surface area (Å²) in [5.74, 6) is -0.226. The molecule has 0 bridgehead atoms. The monoisotopic (exact) mass is 380 g/mol. The fraction of sp³-hybridized carbons (Fsp3) is 0.556. The topological polar surface area (TPSA) is 112 Å². The molecule has 2 N–H and O–H groups in total. The van der Waals surface area contributed by atoms with Crippen molar-refractivity contribution >= 4 is 23.3 Å². The summed E-state index contributed by atoms with van der Waals surface area (Å²) in [4.78, 5) is 35.9. The highest BCUT2D eigenvalue weighted by molar-refractivity contribution is 5.95. The molecule has 9 nitrogen and oxygen atoms in total. The molecule has 0 saturated carbocycles.